The molecule has 0 spiro atoms. The number of rotatable bonds is 5. The quantitative estimate of drug-likeness (QED) is 0.535. The highest BCUT2D eigenvalue weighted by atomic mass is 32.2. The summed E-state index contributed by atoms with van der Waals surface area (Å²) in [6.45, 7) is 1.87. The fourth-order valence-electron chi connectivity index (χ4n) is 1.76. The molecule has 0 saturated heterocycles. The van der Waals surface area contributed by atoms with Crippen LogP contribution < -0.4 is 0 Å². The maximum Gasteiger partial charge on any atom is 0.212 e. The van der Waals surface area contributed by atoms with E-state index in [1.54, 1.807) is 28.9 Å². The van der Waals surface area contributed by atoms with Crippen molar-refractivity contribution in [3.8, 4) is 0 Å². The molecule has 1 aromatic carbocycles. The average molecular weight is 298 g/mol. The molecular weight excluding hydrogens is 284 g/mol. The van der Waals surface area contributed by atoms with Crippen molar-refractivity contribution < 1.29 is 4.42 Å². The minimum absolute atomic E-state index is 0.696. The summed E-state index contributed by atoms with van der Waals surface area (Å²) in [5.74, 6) is 2.27. The van der Waals surface area contributed by atoms with E-state index in [0.717, 1.165) is 16.7 Å². The monoisotopic (exact) mass is 298 g/mol. The van der Waals surface area contributed by atoms with Crippen molar-refractivity contribution in [2.24, 2.45) is 5.10 Å². The Morgan fingerprint density at radius 3 is 2.81 bits per heavy atom. The van der Waals surface area contributed by atoms with Crippen LogP contribution in [0, 0.1) is 6.92 Å². The van der Waals surface area contributed by atoms with Crippen LogP contribution in [0.3, 0.4) is 0 Å². The molecular formula is C15H14N4OS. The average Bonchev–Trinajstić information content (AvgIpc) is 3.14. The van der Waals surface area contributed by atoms with Gasteiger partial charge in [-0.2, -0.15) is 9.78 Å². The van der Waals surface area contributed by atoms with E-state index >= 15 is 0 Å². The normalized spacial score (nSPS) is 11.3. The van der Waals surface area contributed by atoms with Crippen LogP contribution in [-0.4, -0.2) is 21.1 Å². The van der Waals surface area contributed by atoms with E-state index in [1.807, 2.05) is 37.3 Å². The molecule has 106 valence electrons. The summed E-state index contributed by atoms with van der Waals surface area (Å²) in [4.78, 5) is 0. The topological polar surface area (TPSA) is 56.2 Å². The second kappa shape index (κ2) is 6.41. The highest BCUT2D eigenvalue weighted by Gasteiger charge is 2.08. The Balaban J connectivity index is 1.74. The lowest BCUT2D eigenvalue weighted by molar-refractivity contribution is 0.559. The van der Waals surface area contributed by atoms with E-state index in [-0.39, 0.29) is 0 Å². The minimum Gasteiger partial charge on any atom is -0.463 e. The first-order valence-electron chi connectivity index (χ1n) is 6.49. The van der Waals surface area contributed by atoms with Crippen LogP contribution in [0.25, 0.3) is 0 Å². The smallest absolute Gasteiger partial charge is 0.212 e. The maximum atomic E-state index is 5.23. The van der Waals surface area contributed by atoms with E-state index in [2.05, 4.69) is 27.4 Å². The van der Waals surface area contributed by atoms with Gasteiger partial charge in [0.05, 0.1) is 12.5 Å². The number of nitrogens with zero attached hydrogens (tertiary/aromatic N) is 4. The number of hydrogen-bond donors (Lipinski definition) is 0. The van der Waals surface area contributed by atoms with Crippen molar-refractivity contribution in [2.75, 3.05) is 0 Å². The van der Waals surface area contributed by atoms with Crippen LogP contribution in [0.1, 0.15) is 17.1 Å². The zero-order valence-corrected chi connectivity index (χ0v) is 12.3. The third kappa shape index (κ3) is 3.41. The summed E-state index contributed by atoms with van der Waals surface area (Å²) in [6, 6.07) is 13.9. The largest absolute Gasteiger partial charge is 0.463 e. The van der Waals surface area contributed by atoms with Crippen LogP contribution in [0.15, 0.2) is 63.4 Å². The molecule has 0 N–H and O–H groups in total. The molecule has 3 aromatic rings. The van der Waals surface area contributed by atoms with Crippen molar-refractivity contribution >= 4 is 18.0 Å². The number of benzene rings is 1. The predicted octanol–water partition coefficient (Wildman–Crippen LogP) is 3.35. The number of hydrogen-bond acceptors (Lipinski definition) is 5. The Hall–Kier alpha value is -2.34. The van der Waals surface area contributed by atoms with E-state index in [9.17, 15) is 0 Å². The lowest BCUT2D eigenvalue weighted by atomic mass is 10.2. The van der Waals surface area contributed by atoms with Gasteiger partial charge >= 0.3 is 0 Å². The van der Waals surface area contributed by atoms with Gasteiger partial charge in [-0.3, -0.25) is 0 Å². The summed E-state index contributed by atoms with van der Waals surface area (Å²) >= 11 is 1.60. The van der Waals surface area contributed by atoms with E-state index < -0.39 is 0 Å². The molecule has 0 radical (unpaired) electrons. The summed E-state index contributed by atoms with van der Waals surface area (Å²) in [7, 11) is 0. The summed E-state index contributed by atoms with van der Waals surface area (Å²) in [5, 5.41) is 13.4. The first kappa shape index (κ1) is 13.6. The second-order valence-corrected chi connectivity index (χ2v) is 5.32. The van der Waals surface area contributed by atoms with Crippen LogP contribution in [0.4, 0.5) is 0 Å². The van der Waals surface area contributed by atoms with Gasteiger partial charge in [0.15, 0.2) is 5.82 Å². The highest BCUT2D eigenvalue weighted by Crippen LogP contribution is 2.21. The van der Waals surface area contributed by atoms with Crippen LogP contribution in [-0.2, 0) is 5.75 Å². The number of aryl methyl sites for hydroxylation is 1. The number of furan rings is 1. The lowest BCUT2D eigenvalue weighted by Gasteiger charge is -2.02. The number of aromatic nitrogens is 3. The zero-order chi connectivity index (χ0) is 14.5. The van der Waals surface area contributed by atoms with Crippen LogP contribution in [0.2, 0.25) is 0 Å². The third-order valence-corrected chi connectivity index (χ3v) is 3.81. The molecule has 2 aromatic heterocycles. The Kier molecular flexibility index (Phi) is 4.16. The van der Waals surface area contributed by atoms with Crippen LogP contribution in [0.5, 0.6) is 0 Å². The van der Waals surface area contributed by atoms with E-state index in [4.69, 9.17) is 4.42 Å². The van der Waals surface area contributed by atoms with E-state index in [0.29, 0.717) is 5.76 Å². The molecule has 3 rings (SSSR count). The Labute approximate surface area is 126 Å². The molecule has 0 atom stereocenters. The van der Waals surface area contributed by atoms with Gasteiger partial charge in [-0.15, -0.1) is 10.2 Å². The zero-order valence-electron chi connectivity index (χ0n) is 11.5. The Morgan fingerprint density at radius 2 is 2.05 bits per heavy atom. The Morgan fingerprint density at radius 1 is 1.19 bits per heavy atom. The lowest BCUT2D eigenvalue weighted by Crippen LogP contribution is -1.96. The molecule has 0 amide bonds. The van der Waals surface area contributed by atoms with Gasteiger partial charge < -0.3 is 4.42 Å². The van der Waals surface area contributed by atoms with Gasteiger partial charge in [-0.1, -0.05) is 42.1 Å². The van der Waals surface area contributed by atoms with Crippen molar-refractivity contribution in [3.63, 3.8) is 0 Å². The van der Waals surface area contributed by atoms with Crippen molar-refractivity contribution in [3.05, 3.63) is 65.9 Å². The van der Waals surface area contributed by atoms with Crippen molar-refractivity contribution in [1.82, 2.24) is 14.9 Å². The highest BCUT2D eigenvalue weighted by molar-refractivity contribution is 7.98. The molecule has 0 bridgehead atoms. The van der Waals surface area contributed by atoms with Gasteiger partial charge in [0, 0.05) is 5.75 Å². The molecule has 0 aliphatic heterocycles. The molecule has 0 fully saturated rings. The van der Waals surface area contributed by atoms with Gasteiger partial charge in [0.25, 0.3) is 0 Å². The minimum atomic E-state index is 0.696. The molecule has 5 nitrogen and oxygen atoms in total. The van der Waals surface area contributed by atoms with Gasteiger partial charge in [0.2, 0.25) is 5.16 Å². The third-order valence-electron chi connectivity index (χ3n) is 2.82. The SMILES string of the molecule is Cc1nnc(SCc2ccccc2)n1/N=C\c1ccco1. The second-order valence-electron chi connectivity index (χ2n) is 4.38. The van der Waals surface area contributed by atoms with Crippen molar-refractivity contribution in [1.29, 1.82) is 0 Å². The van der Waals surface area contributed by atoms with Crippen molar-refractivity contribution in [2.45, 2.75) is 17.8 Å². The fourth-order valence-corrected chi connectivity index (χ4v) is 2.65. The van der Waals surface area contributed by atoms with Gasteiger partial charge in [0.1, 0.15) is 5.76 Å². The summed E-state index contributed by atoms with van der Waals surface area (Å²) < 4.78 is 6.95. The molecule has 0 aliphatic carbocycles. The molecule has 0 saturated carbocycles. The summed E-state index contributed by atoms with van der Waals surface area (Å²) in [5.41, 5.74) is 1.24. The predicted molar refractivity (Wildman–Crippen MR) is 82.5 cm³/mol. The molecule has 0 aliphatic rings. The number of thioether (sulfide) groups is 1. The fraction of sp³-hybridized carbons (Fsp3) is 0.133. The molecule has 0 unspecified atom stereocenters. The Bertz CT molecular complexity index is 719. The standard InChI is InChI=1S/C15H14N4OS/c1-12-17-18-15(21-11-13-6-3-2-4-7-13)19(12)16-10-14-8-5-9-20-14/h2-10H,11H2,1H3/b16-10-. The maximum absolute atomic E-state index is 5.23. The van der Waals surface area contributed by atoms with Crippen LogP contribution >= 0.6 is 11.8 Å². The first-order chi connectivity index (χ1) is 10.3. The molecule has 6 heteroatoms. The van der Waals surface area contributed by atoms with E-state index in [1.165, 1.54) is 5.56 Å². The molecule has 21 heavy (non-hydrogen) atoms. The molecule has 2 heterocycles. The first-order valence-corrected chi connectivity index (χ1v) is 7.48. The van der Waals surface area contributed by atoms with Gasteiger partial charge in [-0.25, -0.2) is 0 Å². The van der Waals surface area contributed by atoms with Gasteiger partial charge in [-0.05, 0) is 24.6 Å². The summed E-state index contributed by atoms with van der Waals surface area (Å²) in [6.07, 6.45) is 3.27.